The highest BCUT2D eigenvalue weighted by molar-refractivity contribution is 7.99. The first kappa shape index (κ1) is 23.7. The minimum Gasteiger partial charge on any atom is -0.369 e. The summed E-state index contributed by atoms with van der Waals surface area (Å²) in [5.41, 5.74) is 4.78. The summed E-state index contributed by atoms with van der Waals surface area (Å²) >= 11 is 1.73. The number of carbonyl (C=O) groups excluding carboxylic acids is 1. The lowest BCUT2D eigenvalue weighted by Crippen LogP contribution is -2.47. The van der Waals surface area contributed by atoms with Gasteiger partial charge in [0.15, 0.2) is 0 Å². The lowest BCUT2D eigenvalue weighted by atomic mass is 9.92. The molecule has 1 fully saturated rings. The summed E-state index contributed by atoms with van der Waals surface area (Å²) < 4.78 is 0. The van der Waals surface area contributed by atoms with E-state index in [1.807, 2.05) is 0 Å². The summed E-state index contributed by atoms with van der Waals surface area (Å²) in [4.78, 5) is 17.6. The Balaban J connectivity index is 1.42. The van der Waals surface area contributed by atoms with Crippen LogP contribution in [-0.4, -0.2) is 55.0 Å². The number of nitrogens with zero attached hydrogens (tertiary/aromatic N) is 2. The third kappa shape index (κ3) is 6.75. The van der Waals surface area contributed by atoms with E-state index in [4.69, 9.17) is 0 Å². The van der Waals surface area contributed by atoms with Crippen LogP contribution in [0.5, 0.6) is 0 Å². The third-order valence-electron chi connectivity index (χ3n) is 5.92. The number of anilines is 2. The molecule has 4 nitrogen and oxygen atoms in total. The van der Waals surface area contributed by atoms with Crippen LogP contribution < -0.4 is 10.2 Å². The molecule has 0 atom stereocenters. The molecule has 31 heavy (non-hydrogen) atoms. The molecule has 0 radical (unpaired) electrons. The quantitative estimate of drug-likeness (QED) is 0.529. The van der Waals surface area contributed by atoms with E-state index < -0.39 is 0 Å². The largest absolute Gasteiger partial charge is 0.369 e. The third-order valence-corrected chi connectivity index (χ3v) is 6.85. The number of carbonyl (C=O) groups is 1. The Bertz CT molecular complexity index is 804. The number of hydrogen-bond acceptors (Lipinski definition) is 4. The average molecular weight is 440 g/mol. The van der Waals surface area contributed by atoms with Gasteiger partial charge in [-0.1, -0.05) is 64.1 Å². The molecule has 3 rings (SSSR count). The van der Waals surface area contributed by atoms with Crippen LogP contribution in [0.1, 0.15) is 50.7 Å². The normalized spacial score (nSPS) is 15.0. The number of thioether (sulfide) groups is 1. The van der Waals surface area contributed by atoms with Crippen LogP contribution in [0.3, 0.4) is 0 Å². The Labute approximate surface area is 192 Å². The molecule has 1 aliphatic rings. The van der Waals surface area contributed by atoms with Gasteiger partial charge >= 0.3 is 0 Å². The van der Waals surface area contributed by atoms with E-state index >= 15 is 0 Å². The molecule has 0 saturated carbocycles. The van der Waals surface area contributed by atoms with Gasteiger partial charge in [0, 0.05) is 49.9 Å². The molecule has 2 aromatic carbocycles. The maximum Gasteiger partial charge on any atom is 0.234 e. The Kier molecular flexibility index (Phi) is 8.85. The number of para-hydroxylation sites is 2. The van der Waals surface area contributed by atoms with E-state index in [0.29, 0.717) is 17.6 Å². The standard InChI is InChI=1S/C26H37N3OS/c1-20(2)23-11-8-12-24(21(3)4)26(23)27-25(30)19-31-18-17-28-13-15-29(16-14-28)22-9-6-5-7-10-22/h5-12,20-21H,13-19H2,1-4H3,(H,27,30). The minimum atomic E-state index is 0.105. The maximum absolute atomic E-state index is 12.7. The molecular weight excluding hydrogens is 402 g/mol. The van der Waals surface area contributed by atoms with Crippen LogP contribution in [0.25, 0.3) is 0 Å². The monoisotopic (exact) mass is 439 g/mol. The van der Waals surface area contributed by atoms with E-state index in [2.05, 4.69) is 91.3 Å². The van der Waals surface area contributed by atoms with Crippen LogP contribution in [0, 0.1) is 0 Å². The van der Waals surface area contributed by atoms with Crippen LogP contribution in [0.4, 0.5) is 11.4 Å². The number of hydrogen-bond donors (Lipinski definition) is 1. The number of rotatable bonds is 9. The molecule has 1 saturated heterocycles. The summed E-state index contributed by atoms with van der Waals surface area (Å²) in [6.45, 7) is 14.1. The van der Waals surface area contributed by atoms with Crippen molar-refractivity contribution in [3.05, 3.63) is 59.7 Å². The predicted octanol–water partition coefficient (Wildman–Crippen LogP) is 5.43. The van der Waals surface area contributed by atoms with Crippen molar-refractivity contribution in [2.75, 3.05) is 54.4 Å². The topological polar surface area (TPSA) is 35.6 Å². The van der Waals surface area contributed by atoms with Crippen LogP contribution in [-0.2, 0) is 4.79 Å². The fourth-order valence-corrected chi connectivity index (χ4v) is 4.89. The molecule has 2 aromatic rings. The first-order valence-electron chi connectivity index (χ1n) is 11.5. The second kappa shape index (κ2) is 11.6. The van der Waals surface area contributed by atoms with E-state index in [1.54, 1.807) is 11.8 Å². The van der Waals surface area contributed by atoms with Gasteiger partial charge in [0.25, 0.3) is 0 Å². The zero-order valence-corrected chi connectivity index (χ0v) is 20.3. The zero-order valence-electron chi connectivity index (χ0n) is 19.4. The summed E-state index contributed by atoms with van der Waals surface area (Å²) in [6.07, 6.45) is 0. The molecule has 5 heteroatoms. The van der Waals surface area contributed by atoms with Crippen molar-refractivity contribution in [3.8, 4) is 0 Å². The molecule has 0 aliphatic carbocycles. The van der Waals surface area contributed by atoms with Gasteiger partial charge in [-0.15, -0.1) is 0 Å². The maximum atomic E-state index is 12.7. The fourth-order valence-electron chi connectivity index (χ4n) is 4.10. The number of piperazine rings is 1. The average Bonchev–Trinajstić information content (AvgIpc) is 2.77. The highest BCUT2D eigenvalue weighted by Gasteiger charge is 2.18. The predicted molar refractivity (Wildman–Crippen MR) is 136 cm³/mol. The lowest BCUT2D eigenvalue weighted by Gasteiger charge is -2.36. The second-order valence-electron chi connectivity index (χ2n) is 8.89. The minimum absolute atomic E-state index is 0.105. The molecule has 0 spiro atoms. The number of benzene rings is 2. The van der Waals surface area contributed by atoms with Gasteiger partial charge in [-0.25, -0.2) is 0 Å². The van der Waals surface area contributed by atoms with Gasteiger partial charge < -0.3 is 10.2 Å². The van der Waals surface area contributed by atoms with Gasteiger partial charge in [0.1, 0.15) is 0 Å². The molecule has 1 heterocycles. The molecule has 168 valence electrons. The van der Waals surface area contributed by atoms with E-state index in [-0.39, 0.29) is 5.91 Å². The van der Waals surface area contributed by atoms with Crippen molar-refractivity contribution >= 4 is 29.0 Å². The van der Waals surface area contributed by atoms with E-state index in [1.165, 1.54) is 16.8 Å². The van der Waals surface area contributed by atoms with Crippen molar-refractivity contribution in [1.82, 2.24) is 4.90 Å². The van der Waals surface area contributed by atoms with Gasteiger partial charge in [-0.3, -0.25) is 9.69 Å². The van der Waals surface area contributed by atoms with E-state index in [0.717, 1.165) is 44.2 Å². The van der Waals surface area contributed by atoms with Crippen LogP contribution in [0.15, 0.2) is 48.5 Å². The highest BCUT2D eigenvalue weighted by Crippen LogP contribution is 2.32. The molecule has 0 unspecified atom stereocenters. The van der Waals surface area contributed by atoms with Crippen molar-refractivity contribution in [3.63, 3.8) is 0 Å². The summed E-state index contributed by atoms with van der Waals surface area (Å²) in [5, 5.41) is 3.22. The lowest BCUT2D eigenvalue weighted by molar-refractivity contribution is -0.113. The first-order chi connectivity index (χ1) is 15.0. The summed E-state index contributed by atoms with van der Waals surface area (Å²) in [5.74, 6) is 2.37. The molecular formula is C26H37N3OS. The fraction of sp³-hybridized carbons (Fsp3) is 0.500. The molecule has 1 aliphatic heterocycles. The SMILES string of the molecule is CC(C)c1cccc(C(C)C)c1NC(=O)CSCCN1CCN(c2ccccc2)CC1. The van der Waals surface area contributed by atoms with Crippen molar-refractivity contribution < 1.29 is 4.79 Å². The Morgan fingerprint density at radius 3 is 2.10 bits per heavy atom. The molecule has 1 N–H and O–H groups in total. The first-order valence-corrected chi connectivity index (χ1v) is 12.6. The Hall–Kier alpha value is -1.98. The van der Waals surface area contributed by atoms with E-state index in [9.17, 15) is 4.79 Å². The zero-order chi connectivity index (χ0) is 22.2. The van der Waals surface area contributed by atoms with Gasteiger partial charge in [-0.2, -0.15) is 11.8 Å². The molecule has 0 aromatic heterocycles. The van der Waals surface area contributed by atoms with Crippen LogP contribution in [0.2, 0.25) is 0 Å². The van der Waals surface area contributed by atoms with Crippen LogP contribution >= 0.6 is 11.8 Å². The Morgan fingerprint density at radius 2 is 1.52 bits per heavy atom. The van der Waals surface area contributed by atoms with Crippen molar-refractivity contribution in [1.29, 1.82) is 0 Å². The Morgan fingerprint density at radius 1 is 0.903 bits per heavy atom. The number of amides is 1. The number of nitrogens with one attached hydrogen (secondary N) is 1. The smallest absolute Gasteiger partial charge is 0.234 e. The second-order valence-corrected chi connectivity index (χ2v) is 9.99. The summed E-state index contributed by atoms with van der Waals surface area (Å²) in [7, 11) is 0. The van der Waals surface area contributed by atoms with Gasteiger partial charge in [0.05, 0.1) is 5.75 Å². The molecule has 0 bridgehead atoms. The van der Waals surface area contributed by atoms with Gasteiger partial charge in [0.2, 0.25) is 5.91 Å². The van der Waals surface area contributed by atoms with Gasteiger partial charge in [-0.05, 0) is 35.1 Å². The highest BCUT2D eigenvalue weighted by atomic mass is 32.2. The molecule has 1 amide bonds. The van der Waals surface area contributed by atoms with Crippen molar-refractivity contribution in [2.45, 2.75) is 39.5 Å². The summed E-state index contributed by atoms with van der Waals surface area (Å²) in [6, 6.07) is 17.0. The van der Waals surface area contributed by atoms with Crippen molar-refractivity contribution in [2.24, 2.45) is 0 Å².